The molecule has 0 unspecified atom stereocenters. The zero-order chi connectivity index (χ0) is 25.6. The Kier molecular flexibility index (Phi) is 6.63. The Bertz CT molecular complexity index is 1130. The second-order valence-electron chi connectivity index (χ2n) is 11.6. The Morgan fingerprint density at radius 1 is 1.08 bits per heavy atom. The summed E-state index contributed by atoms with van der Waals surface area (Å²) >= 11 is 0. The number of likely N-dealkylation sites (tertiary alicyclic amines) is 1. The zero-order valence-electron chi connectivity index (χ0n) is 21.6. The third kappa shape index (κ3) is 4.73. The Balaban J connectivity index is 1.21. The molecule has 1 N–H and O–H groups in total. The van der Waals surface area contributed by atoms with E-state index in [-0.39, 0.29) is 17.7 Å². The van der Waals surface area contributed by atoms with Crippen LogP contribution in [0.25, 0.3) is 0 Å². The minimum Gasteiger partial charge on any atom is -0.356 e. The number of nitrogens with one attached hydrogen (secondary N) is 1. The Labute approximate surface area is 216 Å². The van der Waals surface area contributed by atoms with Crippen molar-refractivity contribution in [2.75, 3.05) is 42.9 Å². The lowest BCUT2D eigenvalue weighted by Gasteiger charge is -2.37. The number of amides is 1. The van der Waals surface area contributed by atoms with Gasteiger partial charge in [0.15, 0.2) is 0 Å². The number of alkyl halides is 2. The van der Waals surface area contributed by atoms with Gasteiger partial charge >= 0.3 is 0 Å². The highest BCUT2D eigenvalue weighted by atomic mass is 19.3. The van der Waals surface area contributed by atoms with E-state index in [0.29, 0.717) is 30.4 Å². The van der Waals surface area contributed by atoms with Gasteiger partial charge in [0, 0.05) is 55.7 Å². The van der Waals surface area contributed by atoms with Crippen LogP contribution in [-0.2, 0) is 16.8 Å². The zero-order valence-corrected chi connectivity index (χ0v) is 21.6. The molecule has 8 nitrogen and oxygen atoms in total. The fourth-order valence-corrected chi connectivity index (χ4v) is 6.57. The van der Waals surface area contributed by atoms with Crippen LogP contribution in [0.4, 0.5) is 20.4 Å². The lowest BCUT2D eigenvalue weighted by atomic mass is 9.68. The topological polar surface area (TPSA) is 79.2 Å². The Morgan fingerprint density at radius 2 is 1.84 bits per heavy atom. The third-order valence-corrected chi connectivity index (χ3v) is 9.10. The highest BCUT2D eigenvalue weighted by molar-refractivity contribution is 5.94. The van der Waals surface area contributed by atoms with E-state index in [2.05, 4.69) is 42.8 Å². The summed E-state index contributed by atoms with van der Waals surface area (Å²) in [5.74, 6) is 0.684. The van der Waals surface area contributed by atoms with E-state index >= 15 is 0 Å². The number of fused-ring (bicyclic) bond motifs is 1. The average Bonchev–Trinajstić information content (AvgIpc) is 3.55. The number of hydrogen-bond acceptors (Lipinski definition) is 6. The highest BCUT2D eigenvalue weighted by Crippen LogP contribution is 2.44. The molecule has 0 bridgehead atoms. The van der Waals surface area contributed by atoms with Crippen LogP contribution in [0.5, 0.6) is 0 Å². The van der Waals surface area contributed by atoms with Gasteiger partial charge in [-0.05, 0) is 51.6 Å². The lowest BCUT2D eigenvalue weighted by molar-refractivity contribution is -0.117. The van der Waals surface area contributed by atoms with Gasteiger partial charge in [0.2, 0.25) is 12.3 Å². The molecule has 10 heteroatoms. The van der Waals surface area contributed by atoms with Gasteiger partial charge in [0.1, 0.15) is 23.8 Å². The van der Waals surface area contributed by atoms with Crippen molar-refractivity contribution in [3.63, 3.8) is 0 Å². The maximum Gasteiger partial charge on any atom is 0.246 e. The second kappa shape index (κ2) is 9.93. The molecule has 1 atom stereocenters. The van der Waals surface area contributed by atoms with Crippen molar-refractivity contribution in [2.24, 2.45) is 0 Å². The average molecular weight is 514 g/mol. The molecule has 37 heavy (non-hydrogen) atoms. The smallest absolute Gasteiger partial charge is 0.246 e. The summed E-state index contributed by atoms with van der Waals surface area (Å²) in [5, 5.41) is 2.66. The van der Waals surface area contributed by atoms with Gasteiger partial charge in [0.25, 0.3) is 0 Å². The molecule has 1 aliphatic carbocycles. The molecule has 0 aromatic carbocycles. The second-order valence-corrected chi connectivity index (χ2v) is 11.6. The lowest BCUT2D eigenvalue weighted by Crippen LogP contribution is -2.37. The standard InChI is InChI=1S/C27H37F2N7O/c1-27(7-4-8-27)20-16-36(14-13-34-9-2-3-10-34)25(32-20)18-5-11-35(12-6-18)26-22-19(23(28)29)15-21(37)33-24(22)30-17-31-26/h16-19,23H,2-15H2,1H3,(H,30,31,33,37)/t19-/m1/s1. The van der Waals surface area contributed by atoms with Gasteiger partial charge in [0.05, 0.1) is 11.6 Å². The molecule has 6 rings (SSSR count). The van der Waals surface area contributed by atoms with Crippen LogP contribution >= 0.6 is 0 Å². The normalized spacial score (nSPS) is 24.3. The highest BCUT2D eigenvalue weighted by Gasteiger charge is 2.39. The molecule has 1 amide bonds. The molecule has 1 saturated carbocycles. The largest absolute Gasteiger partial charge is 0.356 e. The molecule has 0 radical (unpaired) electrons. The van der Waals surface area contributed by atoms with Crippen LogP contribution in [0.15, 0.2) is 12.5 Å². The van der Waals surface area contributed by atoms with E-state index in [0.717, 1.165) is 25.9 Å². The molecule has 200 valence electrons. The minimum absolute atomic E-state index is 0.198. The summed E-state index contributed by atoms with van der Waals surface area (Å²) in [5.41, 5.74) is 1.81. The molecule has 2 aromatic heterocycles. The van der Waals surface area contributed by atoms with Crippen LogP contribution in [0.1, 0.15) is 87.2 Å². The number of hydrogen-bond donors (Lipinski definition) is 1. The van der Waals surface area contributed by atoms with Crippen LogP contribution in [0.3, 0.4) is 0 Å². The molecule has 0 spiro atoms. The first kappa shape index (κ1) is 24.7. The van der Waals surface area contributed by atoms with Crippen molar-refractivity contribution in [3.8, 4) is 0 Å². The summed E-state index contributed by atoms with van der Waals surface area (Å²) in [6, 6.07) is 0. The van der Waals surface area contributed by atoms with Crippen LogP contribution < -0.4 is 10.2 Å². The number of aromatic nitrogens is 4. The van der Waals surface area contributed by atoms with Crippen molar-refractivity contribution >= 4 is 17.5 Å². The van der Waals surface area contributed by atoms with Crippen molar-refractivity contribution in [1.29, 1.82) is 0 Å². The molecular formula is C27H37F2N7O. The van der Waals surface area contributed by atoms with E-state index in [1.807, 2.05) is 0 Å². The summed E-state index contributed by atoms with van der Waals surface area (Å²) in [6.45, 7) is 8.17. The molecular weight excluding hydrogens is 476 g/mol. The summed E-state index contributed by atoms with van der Waals surface area (Å²) in [7, 11) is 0. The van der Waals surface area contributed by atoms with Gasteiger partial charge in [-0.3, -0.25) is 4.79 Å². The fourth-order valence-electron chi connectivity index (χ4n) is 6.57. The number of imidazole rings is 1. The number of nitrogens with zero attached hydrogens (tertiary/aromatic N) is 6. The predicted octanol–water partition coefficient (Wildman–Crippen LogP) is 4.29. The number of piperidine rings is 1. The number of carbonyl (C=O) groups is 1. The predicted molar refractivity (Wildman–Crippen MR) is 137 cm³/mol. The van der Waals surface area contributed by atoms with E-state index < -0.39 is 18.3 Å². The fraction of sp³-hybridized carbons (Fsp3) is 0.704. The van der Waals surface area contributed by atoms with Gasteiger partial charge in [-0.1, -0.05) is 13.3 Å². The van der Waals surface area contributed by atoms with Gasteiger partial charge in [-0.25, -0.2) is 23.7 Å². The molecule has 2 saturated heterocycles. The van der Waals surface area contributed by atoms with Gasteiger partial charge in [-0.15, -0.1) is 0 Å². The van der Waals surface area contributed by atoms with E-state index in [9.17, 15) is 13.6 Å². The molecule has 4 aliphatic rings. The number of halogens is 2. The third-order valence-electron chi connectivity index (χ3n) is 9.10. The van der Waals surface area contributed by atoms with Crippen LogP contribution in [0, 0.1) is 0 Å². The summed E-state index contributed by atoms with van der Waals surface area (Å²) in [6.07, 6.45) is 8.85. The number of anilines is 2. The van der Waals surface area contributed by atoms with E-state index in [4.69, 9.17) is 4.98 Å². The first-order valence-electron chi connectivity index (χ1n) is 13.9. The quantitative estimate of drug-likeness (QED) is 0.595. The van der Waals surface area contributed by atoms with Crippen molar-refractivity contribution in [3.05, 3.63) is 29.6 Å². The minimum atomic E-state index is -2.64. The maximum atomic E-state index is 13.9. The van der Waals surface area contributed by atoms with Gasteiger partial charge < -0.3 is 19.7 Å². The van der Waals surface area contributed by atoms with Crippen LogP contribution in [-0.4, -0.2) is 69.5 Å². The van der Waals surface area contributed by atoms with Gasteiger partial charge in [-0.2, -0.15) is 0 Å². The number of rotatable bonds is 7. The molecule has 2 aromatic rings. The molecule has 5 heterocycles. The van der Waals surface area contributed by atoms with Crippen molar-refractivity contribution in [2.45, 2.75) is 88.5 Å². The first-order chi connectivity index (χ1) is 17.9. The number of carbonyl (C=O) groups excluding carboxylic acids is 1. The molecule has 3 fully saturated rings. The Hall–Kier alpha value is -2.62. The summed E-state index contributed by atoms with van der Waals surface area (Å²) in [4.78, 5) is 30.4. The van der Waals surface area contributed by atoms with Crippen molar-refractivity contribution < 1.29 is 13.6 Å². The molecule has 3 aliphatic heterocycles. The summed E-state index contributed by atoms with van der Waals surface area (Å²) < 4.78 is 30.2. The van der Waals surface area contributed by atoms with E-state index in [1.54, 1.807) is 0 Å². The monoisotopic (exact) mass is 513 g/mol. The van der Waals surface area contributed by atoms with E-state index in [1.165, 1.54) is 63.0 Å². The first-order valence-corrected chi connectivity index (χ1v) is 13.9. The SMILES string of the molecule is CC1(c2cn(CCN3CCCC3)c(C3CCN(c4ncnc5c4[C@H](C(F)F)CC(=O)N5)CC3)n2)CCC1. The van der Waals surface area contributed by atoms with Crippen LogP contribution in [0.2, 0.25) is 0 Å². The maximum absolute atomic E-state index is 13.9. The van der Waals surface area contributed by atoms with Crippen molar-refractivity contribution in [1.82, 2.24) is 24.4 Å². The Morgan fingerprint density at radius 3 is 2.51 bits per heavy atom.